The monoisotopic (exact) mass is 423 g/mol. The first-order valence-electron chi connectivity index (χ1n) is 9.54. The molecule has 0 fully saturated rings. The molecule has 0 aliphatic carbocycles. The molecule has 1 aromatic heterocycles. The molecule has 2 heterocycles. The number of non-ortho nitro benzene ring substituents is 1. The maximum atomic E-state index is 12.9. The predicted octanol–water partition coefficient (Wildman–Crippen LogP) is 4.25. The van der Waals surface area contributed by atoms with Gasteiger partial charge in [0.05, 0.1) is 30.3 Å². The van der Waals surface area contributed by atoms with Gasteiger partial charge in [0.2, 0.25) is 5.91 Å². The Bertz CT molecular complexity index is 1070. The van der Waals surface area contributed by atoms with Crippen LogP contribution in [0.2, 0.25) is 0 Å². The first-order valence-corrected chi connectivity index (χ1v) is 10.4. The summed E-state index contributed by atoms with van der Waals surface area (Å²) in [6.07, 6.45) is 0.893. The number of anilines is 1. The van der Waals surface area contributed by atoms with Crippen LogP contribution in [-0.2, 0) is 11.2 Å². The van der Waals surface area contributed by atoms with Crippen molar-refractivity contribution in [2.45, 2.75) is 12.5 Å². The number of ether oxygens (including phenoxy) is 1. The topological polar surface area (TPSA) is 84.7 Å². The number of benzene rings is 2. The molecule has 1 N–H and O–H groups in total. The molecule has 30 heavy (non-hydrogen) atoms. The molecule has 8 heteroatoms. The van der Waals surface area contributed by atoms with Gasteiger partial charge in [0.15, 0.2) is 0 Å². The van der Waals surface area contributed by atoms with Crippen molar-refractivity contribution in [3.63, 3.8) is 0 Å². The average Bonchev–Trinajstić information content (AvgIpc) is 3.22. The van der Waals surface area contributed by atoms with Gasteiger partial charge in [-0.3, -0.25) is 19.8 Å². The van der Waals surface area contributed by atoms with E-state index in [9.17, 15) is 14.9 Å². The number of carbonyl (C=O) groups is 1. The van der Waals surface area contributed by atoms with Crippen LogP contribution in [0.15, 0.2) is 60.0 Å². The molecule has 1 aliphatic heterocycles. The summed E-state index contributed by atoms with van der Waals surface area (Å²) in [4.78, 5) is 27.0. The Morgan fingerprint density at radius 2 is 2.07 bits per heavy atom. The quantitative estimate of drug-likeness (QED) is 0.473. The molecule has 1 amide bonds. The van der Waals surface area contributed by atoms with Gasteiger partial charge in [-0.05, 0) is 35.1 Å². The van der Waals surface area contributed by atoms with Crippen LogP contribution in [0, 0.1) is 10.1 Å². The van der Waals surface area contributed by atoms with E-state index in [0.29, 0.717) is 11.4 Å². The molecule has 0 saturated carbocycles. The Balaban J connectivity index is 1.57. The summed E-state index contributed by atoms with van der Waals surface area (Å²) in [7, 11) is 1.46. The highest BCUT2D eigenvalue weighted by atomic mass is 32.1. The van der Waals surface area contributed by atoms with Crippen molar-refractivity contribution in [2.24, 2.45) is 0 Å². The third-order valence-corrected chi connectivity index (χ3v) is 6.19. The average molecular weight is 423 g/mol. The van der Waals surface area contributed by atoms with Crippen molar-refractivity contribution >= 4 is 28.6 Å². The highest BCUT2D eigenvalue weighted by molar-refractivity contribution is 7.10. The lowest BCUT2D eigenvalue weighted by Gasteiger charge is -2.35. The third kappa shape index (κ3) is 4.05. The summed E-state index contributed by atoms with van der Waals surface area (Å²) >= 11 is 1.75. The van der Waals surface area contributed by atoms with Crippen molar-refractivity contribution < 1.29 is 14.5 Å². The number of nitro groups is 1. The Morgan fingerprint density at radius 1 is 1.27 bits per heavy atom. The van der Waals surface area contributed by atoms with Gasteiger partial charge in [-0.15, -0.1) is 11.3 Å². The molecule has 0 radical (unpaired) electrons. The van der Waals surface area contributed by atoms with E-state index in [1.807, 2.05) is 18.2 Å². The molecule has 3 aromatic rings. The zero-order valence-electron chi connectivity index (χ0n) is 16.4. The van der Waals surface area contributed by atoms with E-state index >= 15 is 0 Å². The lowest BCUT2D eigenvalue weighted by Crippen LogP contribution is -2.40. The molecule has 1 aliphatic rings. The smallest absolute Gasteiger partial charge is 0.271 e. The largest absolute Gasteiger partial charge is 0.495 e. The number of hydrogen-bond donors (Lipinski definition) is 1. The maximum Gasteiger partial charge on any atom is 0.271 e. The Hall–Kier alpha value is -3.23. The molecule has 0 bridgehead atoms. The number of thiophene rings is 1. The van der Waals surface area contributed by atoms with E-state index in [0.717, 1.165) is 18.5 Å². The molecule has 1 atom stereocenters. The van der Waals surface area contributed by atoms with Crippen molar-refractivity contribution in [1.82, 2.24) is 4.90 Å². The van der Waals surface area contributed by atoms with E-state index in [4.69, 9.17) is 4.74 Å². The van der Waals surface area contributed by atoms with E-state index in [1.54, 1.807) is 11.3 Å². The lowest BCUT2D eigenvalue weighted by molar-refractivity contribution is -0.384. The fraction of sp³-hybridized carbons (Fsp3) is 0.227. The van der Waals surface area contributed by atoms with Crippen LogP contribution >= 0.6 is 11.3 Å². The van der Waals surface area contributed by atoms with Gasteiger partial charge in [0.25, 0.3) is 5.69 Å². The van der Waals surface area contributed by atoms with Gasteiger partial charge in [-0.2, -0.15) is 0 Å². The second-order valence-electron chi connectivity index (χ2n) is 7.02. The highest BCUT2D eigenvalue weighted by Crippen LogP contribution is 2.37. The van der Waals surface area contributed by atoms with Gasteiger partial charge in [0, 0.05) is 23.6 Å². The first-order chi connectivity index (χ1) is 14.6. The van der Waals surface area contributed by atoms with Gasteiger partial charge in [-0.1, -0.05) is 30.3 Å². The fourth-order valence-electron chi connectivity index (χ4n) is 3.85. The van der Waals surface area contributed by atoms with E-state index in [1.165, 1.54) is 35.7 Å². The van der Waals surface area contributed by atoms with Crippen LogP contribution in [0.1, 0.15) is 22.0 Å². The van der Waals surface area contributed by atoms with E-state index < -0.39 is 4.92 Å². The maximum absolute atomic E-state index is 12.9. The molecule has 2 aromatic carbocycles. The van der Waals surface area contributed by atoms with Crippen LogP contribution < -0.4 is 10.1 Å². The minimum Gasteiger partial charge on any atom is -0.495 e. The molecule has 0 spiro atoms. The summed E-state index contributed by atoms with van der Waals surface area (Å²) in [5.74, 6) is 0.140. The summed E-state index contributed by atoms with van der Waals surface area (Å²) < 4.78 is 5.25. The van der Waals surface area contributed by atoms with Crippen LogP contribution in [0.25, 0.3) is 0 Å². The number of fused-ring (bicyclic) bond motifs is 1. The number of amides is 1. The zero-order valence-corrected chi connectivity index (χ0v) is 17.2. The molecular formula is C22H21N3O4S. The first kappa shape index (κ1) is 20.1. The lowest BCUT2D eigenvalue weighted by atomic mass is 9.93. The number of hydrogen-bond acceptors (Lipinski definition) is 6. The minimum absolute atomic E-state index is 0.000968. The summed E-state index contributed by atoms with van der Waals surface area (Å²) in [6.45, 7) is 0.924. The third-order valence-electron chi connectivity index (χ3n) is 5.20. The van der Waals surface area contributed by atoms with Crippen molar-refractivity contribution in [3.8, 4) is 5.75 Å². The van der Waals surface area contributed by atoms with Crippen LogP contribution in [0.4, 0.5) is 11.4 Å². The SMILES string of the molecule is COc1ccc([N+](=O)[O-])cc1NC(=O)CN1CCc2sccc2[C@@H]1c1ccccc1. The Labute approximate surface area is 178 Å². The van der Waals surface area contributed by atoms with E-state index in [2.05, 4.69) is 33.8 Å². The number of rotatable bonds is 6. The summed E-state index contributed by atoms with van der Waals surface area (Å²) in [6, 6.07) is 16.4. The van der Waals surface area contributed by atoms with Crippen LogP contribution in [0.5, 0.6) is 5.75 Å². The number of nitrogens with zero attached hydrogens (tertiary/aromatic N) is 2. The van der Waals surface area contributed by atoms with Crippen LogP contribution in [-0.4, -0.2) is 35.9 Å². The molecule has 4 rings (SSSR count). The van der Waals surface area contributed by atoms with Gasteiger partial charge >= 0.3 is 0 Å². The molecule has 154 valence electrons. The van der Waals surface area contributed by atoms with E-state index in [-0.39, 0.29) is 24.2 Å². The highest BCUT2D eigenvalue weighted by Gasteiger charge is 2.31. The second-order valence-corrected chi connectivity index (χ2v) is 8.02. The molecular weight excluding hydrogens is 402 g/mol. The van der Waals surface area contributed by atoms with Crippen molar-refractivity contribution in [3.05, 3.63) is 86.1 Å². The van der Waals surface area contributed by atoms with Crippen LogP contribution in [0.3, 0.4) is 0 Å². The minimum atomic E-state index is -0.497. The van der Waals surface area contributed by atoms with Gasteiger partial charge in [-0.25, -0.2) is 0 Å². The molecule has 0 saturated heterocycles. The number of carbonyl (C=O) groups excluding carboxylic acids is 1. The summed E-state index contributed by atoms with van der Waals surface area (Å²) in [5, 5.41) is 16.0. The Morgan fingerprint density at radius 3 is 2.80 bits per heavy atom. The normalized spacial score (nSPS) is 16.0. The zero-order chi connectivity index (χ0) is 21.1. The van der Waals surface area contributed by atoms with Crippen molar-refractivity contribution in [1.29, 1.82) is 0 Å². The molecule has 0 unspecified atom stereocenters. The number of nitro benzene ring substituents is 1. The predicted molar refractivity (Wildman–Crippen MR) is 116 cm³/mol. The second kappa shape index (κ2) is 8.64. The standard InChI is InChI=1S/C22H21N3O4S/c1-29-19-8-7-16(25(27)28)13-18(19)23-21(26)14-24-11-9-20-17(10-12-30-20)22(24)15-5-3-2-4-6-15/h2-8,10,12-13,22H,9,11,14H2,1H3,(H,23,26)/t22-/m0/s1. The van der Waals surface area contributed by atoms with Crippen molar-refractivity contribution in [2.75, 3.05) is 25.5 Å². The fourth-order valence-corrected chi connectivity index (χ4v) is 4.75. The summed E-state index contributed by atoms with van der Waals surface area (Å²) in [5.41, 5.74) is 2.56. The van der Waals surface area contributed by atoms with Gasteiger partial charge in [0.1, 0.15) is 5.75 Å². The Kier molecular flexibility index (Phi) is 5.78. The number of nitrogens with one attached hydrogen (secondary N) is 1. The number of methoxy groups -OCH3 is 1. The molecule has 7 nitrogen and oxygen atoms in total. The van der Waals surface area contributed by atoms with Gasteiger partial charge < -0.3 is 10.1 Å².